The SMILES string of the molecule is CN(CCOc1ccc(C(=C(CCCl)c2ccccc2)c2ccccc2)cc1)C(=O)/C=C\CCNc1cccc2c1C(=O)N(C1CCC(=O)NC1=O)C2=O. The normalized spacial score (nSPS) is 15.9. The van der Waals surface area contributed by atoms with Crippen molar-refractivity contribution in [2.45, 2.75) is 31.7 Å². The molecule has 1 saturated heterocycles. The largest absolute Gasteiger partial charge is 0.492 e. The van der Waals surface area contributed by atoms with Crippen LogP contribution in [0.1, 0.15) is 63.1 Å². The van der Waals surface area contributed by atoms with Gasteiger partial charge in [0.1, 0.15) is 18.4 Å². The van der Waals surface area contributed by atoms with Crippen molar-refractivity contribution in [2.24, 2.45) is 0 Å². The molecule has 2 heterocycles. The average molecular weight is 745 g/mol. The van der Waals surface area contributed by atoms with Crippen molar-refractivity contribution in [1.82, 2.24) is 15.1 Å². The van der Waals surface area contributed by atoms with Crippen LogP contribution in [0.3, 0.4) is 0 Å². The second-order valence-corrected chi connectivity index (χ2v) is 13.3. The molecule has 276 valence electrons. The average Bonchev–Trinajstić information content (AvgIpc) is 3.44. The lowest BCUT2D eigenvalue weighted by atomic mass is 9.88. The summed E-state index contributed by atoms with van der Waals surface area (Å²) in [6, 6.07) is 32.4. The molecule has 4 aromatic carbocycles. The van der Waals surface area contributed by atoms with Gasteiger partial charge in [-0.25, -0.2) is 0 Å². The third kappa shape index (κ3) is 8.61. The number of hydrogen-bond acceptors (Lipinski definition) is 7. The Morgan fingerprint density at radius 2 is 1.57 bits per heavy atom. The number of amides is 5. The molecule has 4 aromatic rings. The van der Waals surface area contributed by atoms with Crippen LogP contribution in [0.25, 0.3) is 11.1 Å². The number of likely N-dealkylation sites (N-methyl/N-ethyl adjacent to an activating group) is 1. The molecular weight excluding hydrogens is 704 g/mol. The van der Waals surface area contributed by atoms with Crippen LogP contribution in [0, 0.1) is 0 Å². The van der Waals surface area contributed by atoms with E-state index in [1.165, 1.54) is 11.6 Å². The molecule has 0 spiro atoms. The molecule has 2 aliphatic rings. The molecule has 10 nitrogen and oxygen atoms in total. The number of piperidine rings is 1. The number of halogens is 1. The summed E-state index contributed by atoms with van der Waals surface area (Å²) in [6.45, 7) is 1.08. The molecule has 0 bridgehead atoms. The molecule has 0 aliphatic carbocycles. The first-order valence-electron chi connectivity index (χ1n) is 17.9. The van der Waals surface area contributed by atoms with Gasteiger partial charge < -0.3 is 15.0 Å². The van der Waals surface area contributed by atoms with E-state index in [1.807, 2.05) is 60.7 Å². The molecule has 1 fully saturated rings. The maximum absolute atomic E-state index is 13.3. The van der Waals surface area contributed by atoms with E-state index in [1.54, 1.807) is 36.2 Å². The van der Waals surface area contributed by atoms with Crippen molar-refractivity contribution < 1.29 is 28.7 Å². The fourth-order valence-electron chi connectivity index (χ4n) is 6.66. The van der Waals surface area contributed by atoms with Crippen LogP contribution in [-0.4, -0.2) is 78.0 Å². The number of rotatable bonds is 15. The smallest absolute Gasteiger partial charge is 0.264 e. The molecule has 2 aliphatic heterocycles. The molecule has 6 rings (SSSR count). The predicted molar refractivity (Wildman–Crippen MR) is 209 cm³/mol. The molecular formula is C43H41ClN4O6. The van der Waals surface area contributed by atoms with Gasteiger partial charge in [-0.15, -0.1) is 11.6 Å². The van der Waals surface area contributed by atoms with E-state index < -0.39 is 29.7 Å². The first kappa shape index (κ1) is 37.7. The van der Waals surface area contributed by atoms with Crippen LogP contribution < -0.4 is 15.4 Å². The zero-order valence-corrected chi connectivity index (χ0v) is 30.7. The van der Waals surface area contributed by atoms with Crippen molar-refractivity contribution in [1.29, 1.82) is 0 Å². The number of alkyl halides is 1. The van der Waals surface area contributed by atoms with Crippen LogP contribution in [-0.2, 0) is 14.4 Å². The van der Waals surface area contributed by atoms with Crippen LogP contribution in [0.5, 0.6) is 5.75 Å². The summed E-state index contributed by atoms with van der Waals surface area (Å²) in [7, 11) is 1.71. The Hall–Kier alpha value is -6.00. The topological polar surface area (TPSA) is 125 Å². The van der Waals surface area contributed by atoms with Gasteiger partial charge in [0.05, 0.1) is 17.7 Å². The number of nitrogens with one attached hydrogen (secondary N) is 2. The maximum Gasteiger partial charge on any atom is 0.264 e. The Labute approximate surface area is 319 Å². The van der Waals surface area contributed by atoms with Crippen LogP contribution in [0.15, 0.2) is 115 Å². The number of benzene rings is 4. The Balaban J connectivity index is 0.999. The standard InChI is InChI=1S/C43H41ClN4O6/c1-47(27-28-54-32-20-18-31(19-21-32)39(30-13-6-3-7-14-30)33(24-25-44)29-11-4-2-5-12-29)38(50)17-8-9-26-45-35-16-10-15-34-40(35)43(53)48(42(34)52)36-22-23-37(49)46-41(36)51/h2-8,10-21,36,45H,9,22-28H2,1H3,(H,46,49,51)/b17-8-,39-33?. The minimum atomic E-state index is -1.03. The third-order valence-electron chi connectivity index (χ3n) is 9.40. The molecule has 1 atom stereocenters. The predicted octanol–water partition coefficient (Wildman–Crippen LogP) is 6.57. The van der Waals surface area contributed by atoms with Crippen molar-refractivity contribution in [3.63, 3.8) is 0 Å². The van der Waals surface area contributed by atoms with E-state index >= 15 is 0 Å². The minimum Gasteiger partial charge on any atom is -0.492 e. The number of imide groups is 2. The van der Waals surface area contributed by atoms with Gasteiger partial charge >= 0.3 is 0 Å². The highest BCUT2D eigenvalue weighted by atomic mass is 35.5. The fourth-order valence-corrected chi connectivity index (χ4v) is 6.85. The van der Waals surface area contributed by atoms with Gasteiger partial charge in [0.2, 0.25) is 17.7 Å². The summed E-state index contributed by atoms with van der Waals surface area (Å²) in [4.78, 5) is 65.6. The Morgan fingerprint density at radius 1 is 0.889 bits per heavy atom. The van der Waals surface area contributed by atoms with Gasteiger partial charge in [0, 0.05) is 31.6 Å². The second kappa shape index (κ2) is 17.7. The lowest BCUT2D eigenvalue weighted by molar-refractivity contribution is -0.136. The van der Waals surface area contributed by atoms with E-state index in [9.17, 15) is 24.0 Å². The van der Waals surface area contributed by atoms with Crippen molar-refractivity contribution >= 4 is 58.0 Å². The molecule has 0 saturated carbocycles. The highest BCUT2D eigenvalue weighted by molar-refractivity contribution is 6.25. The zero-order chi connectivity index (χ0) is 38.0. The van der Waals surface area contributed by atoms with Crippen LogP contribution in [0.4, 0.5) is 5.69 Å². The lowest BCUT2D eigenvalue weighted by Gasteiger charge is -2.27. The van der Waals surface area contributed by atoms with E-state index in [-0.39, 0.29) is 29.9 Å². The third-order valence-corrected chi connectivity index (χ3v) is 9.59. The summed E-state index contributed by atoms with van der Waals surface area (Å²) in [5.74, 6) is -1.21. The zero-order valence-electron chi connectivity index (χ0n) is 29.9. The summed E-state index contributed by atoms with van der Waals surface area (Å²) in [5.41, 5.74) is 6.43. The van der Waals surface area contributed by atoms with Crippen molar-refractivity contribution in [3.8, 4) is 5.75 Å². The highest BCUT2D eigenvalue weighted by Crippen LogP contribution is 2.36. The molecule has 0 radical (unpaired) electrons. The summed E-state index contributed by atoms with van der Waals surface area (Å²) in [5, 5.41) is 5.38. The Bertz CT molecular complexity index is 2080. The number of carbonyl (C=O) groups is 5. The number of hydrogen-bond donors (Lipinski definition) is 2. The molecule has 11 heteroatoms. The van der Waals surface area contributed by atoms with E-state index in [0.29, 0.717) is 49.9 Å². The quantitative estimate of drug-likeness (QED) is 0.0464. The maximum atomic E-state index is 13.3. The summed E-state index contributed by atoms with van der Waals surface area (Å²) < 4.78 is 6.00. The van der Waals surface area contributed by atoms with Gasteiger partial charge in [-0.3, -0.25) is 34.2 Å². The van der Waals surface area contributed by atoms with Gasteiger partial charge in [-0.05, 0) is 77.4 Å². The fraction of sp³-hybridized carbons (Fsp3) is 0.233. The van der Waals surface area contributed by atoms with Crippen molar-refractivity contribution in [3.05, 3.63) is 143 Å². The number of fused-ring (bicyclic) bond motifs is 1. The molecule has 2 N–H and O–H groups in total. The first-order valence-corrected chi connectivity index (χ1v) is 18.4. The van der Waals surface area contributed by atoms with E-state index in [2.05, 4.69) is 34.9 Å². The minimum absolute atomic E-state index is 0.0525. The number of nitrogens with zero attached hydrogens (tertiary/aromatic N) is 2. The summed E-state index contributed by atoms with van der Waals surface area (Å²) in [6.07, 6.45) is 4.56. The number of carbonyl (C=O) groups excluding carboxylic acids is 5. The monoisotopic (exact) mass is 744 g/mol. The van der Waals surface area contributed by atoms with Crippen LogP contribution >= 0.6 is 11.6 Å². The Kier molecular flexibility index (Phi) is 12.4. The number of anilines is 1. The van der Waals surface area contributed by atoms with Gasteiger partial charge in [-0.1, -0.05) is 84.9 Å². The second-order valence-electron chi connectivity index (χ2n) is 13.0. The van der Waals surface area contributed by atoms with Gasteiger partial charge in [0.25, 0.3) is 11.8 Å². The van der Waals surface area contributed by atoms with Gasteiger partial charge in [-0.2, -0.15) is 0 Å². The first-order chi connectivity index (χ1) is 26.3. The highest BCUT2D eigenvalue weighted by Gasteiger charge is 2.45. The summed E-state index contributed by atoms with van der Waals surface area (Å²) >= 11 is 6.29. The van der Waals surface area contributed by atoms with E-state index in [4.69, 9.17) is 16.3 Å². The van der Waals surface area contributed by atoms with Crippen molar-refractivity contribution in [2.75, 3.05) is 37.9 Å². The molecule has 5 amide bonds. The molecule has 54 heavy (non-hydrogen) atoms. The van der Waals surface area contributed by atoms with Crippen LogP contribution in [0.2, 0.25) is 0 Å². The van der Waals surface area contributed by atoms with Gasteiger partial charge in [0.15, 0.2) is 0 Å². The van der Waals surface area contributed by atoms with E-state index in [0.717, 1.165) is 27.2 Å². The molecule has 1 unspecified atom stereocenters. The number of ether oxygens (including phenoxy) is 1. The lowest BCUT2D eigenvalue weighted by Crippen LogP contribution is -2.54. The molecule has 0 aromatic heterocycles. The number of allylic oxidation sites excluding steroid dienone is 1. The Morgan fingerprint density at radius 3 is 2.26 bits per heavy atom.